The van der Waals surface area contributed by atoms with Crippen LogP contribution in [0.1, 0.15) is 25.6 Å². The second-order valence-electron chi connectivity index (χ2n) is 5.94. The first-order valence-electron chi connectivity index (χ1n) is 8.80. The van der Waals surface area contributed by atoms with E-state index < -0.39 is 17.8 Å². The molecule has 0 atom stereocenters. The number of nitrogens with one attached hydrogen (secondary N) is 1. The summed E-state index contributed by atoms with van der Waals surface area (Å²) in [7, 11) is 1.48. The number of hydrogen-bond acceptors (Lipinski definition) is 11. The van der Waals surface area contributed by atoms with Gasteiger partial charge in [0.2, 0.25) is 5.91 Å². The highest BCUT2D eigenvalue weighted by Gasteiger charge is 2.26. The fourth-order valence-electron chi connectivity index (χ4n) is 2.43. The first-order valence-corrected chi connectivity index (χ1v) is 11.5. The average molecular weight is 483 g/mol. The van der Waals surface area contributed by atoms with Gasteiger partial charge in [0.15, 0.2) is 0 Å². The highest BCUT2D eigenvalue weighted by atomic mass is 32.2. The van der Waals surface area contributed by atoms with Crippen molar-refractivity contribution in [3.05, 3.63) is 33.5 Å². The number of carbonyl (C=O) groups excluding carboxylic acids is 3. The quantitative estimate of drug-likeness (QED) is 0.253. The fourth-order valence-corrected chi connectivity index (χ4v) is 4.70. The van der Waals surface area contributed by atoms with Crippen LogP contribution in [0.5, 0.6) is 0 Å². The highest BCUT2D eigenvalue weighted by Crippen LogP contribution is 2.34. The topological polar surface area (TPSA) is 147 Å². The molecule has 0 aromatic carbocycles. The van der Waals surface area contributed by atoms with Gasteiger partial charge >= 0.3 is 5.97 Å². The van der Waals surface area contributed by atoms with Gasteiger partial charge in [-0.2, -0.15) is 0 Å². The van der Waals surface area contributed by atoms with Gasteiger partial charge in [0.05, 0.1) is 27.7 Å². The molecule has 2 amide bonds. The van der Waals surface area contributed by atoms with E-state index >= 15 is 0 Å². The van der Waals surface area contributed by atoms with Gasteiger partial charge in [0.1, 0.15) is 11.6 Å². The maximum atomic E-state index is 12.5. The number of primary amides is 1. The molecule has 0 unspecified atom stereocenters. The third-order valence-corrected chi connectivity index (χ3v) is 6.71. The van der Waals surface area contributed by atoms with Crippen LogP contribution in [0.2, 0.25) is 0 Å². The Balaban J connectivity index is 1.67. The van der Waals surface area contributed by atoms with Gasteiger partial charge in [0.25, 0.3) is 17.0 Å². The van der Waals surface area contributed by atoms with Crippen molar-refractivity contribution in [2.24, 2.45) is 5.73 Å². The van der Waals surface area contributed by atoms with Crippen LogP contribution < -0.4 is 11.1 Å². The molecule has 0 aliphatic carbocycles. The van der Waals surface area contributed by atoms with Gasteiger partial charge in [-0.25, -0.2) is 4.79 Å². The monoisotopic (exact) mass is 482 g/mol. The molecule has 3 N–H and O–H groups in total. The van der Waals surface area contributed by atoms with Crippen molar-refractivity contribution in [3.63, 3.8) is 0 Å². The number of carbonyl (C=O) groups is 3. The molecule has 3 aromatic heterocycles. The predicted octanol–water partition coefficient (Wildman–Crippen LogP) is 2.80. The van der Waals surface area contributed by atoms with Gasteiger partial charge in [-0.3, -0.25) is 9.59 Å². The predicted molar refractivity (Wildman–Crippen MR) is 117 cm³/mol. The van der Waals surface area contributed by atoms with Crippen molar-refractivity contribution in [1.82, 2.24) is 10.2 Å². The van der Waals surface area contributed by atoms with Crippen LogP contribution in [-0.4, -0.2) is 54.1 Å². The SMILES string of the molecule is COCCOC(=O)c1c(NC(=O)CSc2nnc(-c3cccs3)o2)sc(C(N)=O)c1C. The van der Waals surface area contributed by atoms with E-state index in [4.69, 9.17) is 19.6 Å². The minimum atomic E-state index is -0.699. The molecule has 3 aromatic rings. The lowest BCUT2D eigenvalue weighted by atomic mass is 10.1. The molecule has 13 heteroatoms. The van der Waals surface area contributed by atoms with E-state index in [2.05, 4.69) is 15.5 Å². The maximum absolute atomic E-state index is 12.5. The number of ether oxygens (including phenoxy) is 2. The Morgan fingerprint density at radius 3 is 2.77 bits per heavy atom. The molecular weight excluding hydrogens is 464 g/mol. The van der Waals surface area contributed by atoms with Gasteiger partial charge in [-0.15, -0.1) is 32.9 Å². The highest BCUT2D eigenvalue weighted by molar-refractivity contribution is 7.99. The van der Waals surface area contributed by atoms with Crippen molar-refractivity contribution in [2.75, 3.05) is 31.4 Å². The molecule has 10 nitrogen and oxygen atoms in total. The molecule has 164 valence electrons. The van der Waals surface area contributed by atoms with E-state index in [1.54, 1.807) is 6.92 Å². The Kier molecular flexibility index (Phi) is 7.79. The lowest BCUT2D eigenvalue weighted by molar-refractivity contribution is -0.113. The fraction of sp³-hybridized carbons (Fsp3) is 0.278. The number of amides is 2. The number of hydrogen-bond donors (Lipinski definition) is 2. The largest absolute Gasteiger partial charge is 0.460 e. The van der Waals surface area contributed by atoms with E-state index in [-0.39, 0.29) is 39.6 Å². The van der Waals surface area contributed by atoms with Crippen molar-refractivity contribution in [1.29, 1.82) is 0 Å². The lowest BCUT2D eigenvalue weighted by Crippen LogP contribution is -2.17. The summed E-state index contributed by atoms with van der Waals surface area (Å²) in [5.41, 5.74) is 5.82. The van der Waals surface area contributed by atoms with Crippen molar-refractivity contribution >= 4 is 57.2 Å². The van der Waals surface area contributed by atoms with Gasteiger partial charge < -0.3 is 24.9 Å². The molecule has 0 saturated carbocycles. The number of esters is 1. The summed E-state index contributed by atoms with van der Waals surface area (Å²) >= 11 is 3.42. The van der Waals surface area contributed by atoms with Crippen LogP contribution in [0.3, 0.4) is 0 Å². The van der Waals surface area contributed by atoms with Crippen molar-refractivity contribution < 1.29 is 28.3 Å². The van der Waals surface area contributed by atoms with E-state index in [9.17, 15) is 14.4 Å². The molecule has 0 aliphatic rings. The Hall–Kier alpha value is -2.74. The van der Waals surface area contributed by atoms with Crippen LogP contribution in [0.15, 0.2) is 27.2 Å². The average Bonchev–Trinajstić information content (AvgIpc) is 3.46. The summed E-state index contributed by atoms with van der Waals surface area (Å²) in [6.07, 6.45) is 0. The summed E-state index contributed by atoms with van der Waals surface area (Å²) in [4.78, 5) is 37.6. The van der Waals surface area contributed by atoms with Crippen molar-refractivity contribution in [3.8, 4) is 10.8 Å². The minimum Gasteiger partial charge on any atom is -0.460 e. The standard InChI is InChI=1S/C18H18N4O6S3/c1-9-12(17(25)27-6-5-26-2)16(31-13(9)14(19)24)20-11(23)8-30-18-22-21-15(28-18)10-4-3-7-29-10/h3-4,7H,5-6,8H2,1-2H3,(H2,19,24)(H,20,23). The van der Waals surface area contributed by atoms with Gasteiger partial charge in [-0.1, -0.05) is 17.8 Å². The first kappa shape index (κ1) is 22.9. The first-order chi connectivity index (χ1) is 14.9. The Morgan fingerprint density at radius 1 is 1.29 bits per heavy atom. The normalized spacial score (nSPS) is 10.8. The minimum absolute atomic E-state index is 0.0312. The van der Waals surface area contributed by atoms with E-state index in [0.717, 1.165) is 28.0 Å². The zero-order valence-electron chi connectivity index (χ0n) is 16.5. The Morgan fingerprint density at radius 2 is 2.10 bits per heavy atom. The summed E-state index contributed by atoms with van der Waals surface area (Å²) < 4.78 is 15.5. The smallest absolute Gasteiger partial charge is 0.341 e. The molecule has 0 spiro atoms. The Labute approximate surface area is 189 Å². The number of rotatable bonds is 10. The van der Waals surface area contributed by atoms with Crippen LogP contribution >= 0.6 is 34.4 Å². The summed E-state index contributed by atoms with van der Waals surface area (Å²) in [5, 5.41) is 12.8. The number of anilines is 1. The zero-order valence-corrected chi connectivity index (χ0v) is 18.9. The summed E-state index contributed by atoms with van der Waals surface area (Å²) in [6.45, 7) is 1.82. The zero-order chi connectivity index (χ0) is 22.4. The van der Waals surface area contributed by atoms with Crippen LogP contribution in [-0.2, 0) is 14.3 Å². The van der Waals surface area contributed by atoms with Crippen LogP contribution in [0.25, 0.3) is 10.8 Å². The van der Waals surface area contributed by atoms with E-state index in [1.165, 1.54) is 18.4 Å². The molecule has 3 rings (SSSR count). The van der Waals surface area contributed by atoms with E-state index in [0.29, 0.717) is 11.5 Å². The molecular formula is C18H18N4O6S3. The molecule has 0 radical (unpaired) electrons. The molecule has 0 saturated heterocycles. The molecule has 3 heterocycles. The third kappa shape index (κ3) is 5.70. The molecule has 0 fully saturated rings. The van der Waals surface area contributed by atoms with Gasteiger partial charge in [-0.05, 0) is 23.9 Å². The van der Waals surface area contributed by atoms with E-state index in [1.807, 2.05) is 17.5 Å². The summed E-state index contributed by atoms with van der Waals surface area (Å²) in [6, 6.07) is 3.72. The molecule has 0 bridgehead atoms. The number of thioether (sulfide) groups is 1. The number of nitrogens with zero attached hydrogens (tertiary/aromatic N) is 2. The number of aromatic nitrogens is 2. The number of nitrogens with two attached hydrogens (primary N) is 1. The lowest BCUT2D eigenvalue weighted by Gasteiger charge is -2.07. The second kappa shape index (κ2) is 10.5. The van der Waals surface area contributed by atoms with Crippen molar-refractivity contribution in [2.45, 2.75) is 12.1 Å². The Bertz CT molecular complexity index is 1080. The van der Waals surface area contributed by atoms with Crippen LogP contribution in [0, 0.1) is 6.92 Å². The van der Waals surface area contributed by atoms with Crippen LogP contribution in [0.4, 0.5) is 5.00 Å². The number of methoxy groups -OCH3 is 1. The summed E-state index contributed by atoms with van der Waals surface area (Å²) in [5.74, 6) is -1.48. The molecule has 0 aliphatic heterocycles. The number of thiophene rings is 2. The third-order valence-electron chi connectivity index (χ3n) is 3.81. The maximum Gasteiger partial charge on any atom is 0.341 e. The van der Waals surface area contributed by atoms with Gasteiger partial charge in [0, 0.05) is 7.11 Å². The molecule has 31 heavy (non-hydrogen) atoms. The second-order valence-corrected chi connectivity index (χ2v) is 8.84.